The summed E-state index contributed by atoms with van der Waals surface area (Å²) < 4.78 is 11.7. The fourth-order valence-corrected chi connectivity index (χ4v) is 1.95. The summed E-state index contributed by atoms with van der Waals surface area (Å²) in [6, 6.07) is 3.30. The van der Waals surface area contributed by atoms with Gasteiger partial charge in [-0.25, -0.2) is 0 Å². The molecule has 1 heterocycles. The van der Waals surface area contributed by atoms with Crippen LogP contribution in [0.25, 0.3) is 0 Å². The Morgan fingerprint density at radius 2 is 1.94 bits per heavy atom. The Bertz CT molecular complexity index is 465. The first kappa shape index (κ1) is 13.2. The minimum atomic E-state index is -0.259. The molecule has 1 aromatic rings. The second-order valence-electron chi connectivity index (χ2n) is 3.98. The molecule has 2 N–H and O–H groups in total. The molecule has 1 aliphatic heterocycles. The Morgan fingerprint density at radius 3 is 2.56 bits per heavy atom. The van der Waals surface area contributed by atoms with Crippen LogP contribution in [0.5, 0.6) is 11.5 Å². The van der Waals surface area contributed by atoms with Gasteiger partial charge in [-0.15, -0.1) is 0 Å². The van der Waals surface area contributed by atoms with Crippen LogP contribution < -0.4 is 20.1 Å². The van der Waals surface area contributed by atoms with E-state index in [1.807, 2.05) is 0 Å². The molecule has 1 aromatic carbocycles. The van der Waals surface area contributed by atoms with Crippen molar-refractivity contribution in [1.29, 1.82) is 0 Å². The first-order valence-electron chi connectivity index (χ1n) is 5.69. The number of likely N-dealkylation sites (N-methyl/N-ethyl adjacent to an activating group) is 1. The third kappa shape index (κ3) is 2.76. The number of anilines is 1. The number of hydrogen-bond acceptors (Lipinski definition) is 4. The van der Waals surface area contributed by atoms with E-state index >= 15 is 0 Å². The van der Waals surface area contributed by atoms with Gasteiger partial charge in [0.05, 0.1) is 11.7 Å². The smallest absolute Gasteiger partial charge is 0.241 e. The summed E-state index contributed by atoms with van der Waals surface area (Å²) in [6.07, 6.45) is 0. The van der Waals surface area contributed by atoms with Crippen LogP contribution in [0.2, 0.25) is 0 Å². The monoisotopic (exact) mass is 314 g/mol. The van der Waals surface area contributed by atoms with Crippen molar-refractivity contribution in [1.82, 2.24) is 5.32 Å². The van der Waals surface area contributed by atoms with Gasteiger partial charge in [0.2, 0.25) is 5.91 Å². The van der Waals surface area contributed by atoms with Crippen LogP contribution in [0.3, 0.4) is 0 Å². The molecule has 6 heteroatoms. The topological polar surface area (TPSA) is 59.6 Å². The van der Waals surface area contributed by atoms with E-state index in [2.05, 4.69) is 26.6 Å². The highest BCUT2D eigenvalue weighted by atomic mass is 79.9. The van der Waals surface area contributed by atoms with Crippen molar-refractivity contribution in [2.75, 3.05) is 25.6 Å². The Hall–Kier alpha value is -1.27. The molecule has 18 heavy (non-hydrogen) atoms. The largest absolute Gasteiger partial charge is 0.486 e. The van der Waals surface area contributed by atoms with Crippen molar-refractivity contribution in [2.45, 2.75) is 13.0 Å². The van der Waals surface area contributed by atoms with E-state index in [-0.39, 0.29) is 11.9 Å². The molecular weight excluding hydrogens is 300 g/mol. The molecule has 1 unspecified atom stereocenters. The van der Waals surface area contributed by atoms with Gasteiger partial charge < -0.3 is 20.1 Å². The van der Waals surface area contributed by atoms with Gasteiger partial charge in [-0.2, -0.15) is 0 Å². The van der Waals surface area contributed by atoms with E-state index in [0.717, 1.165) is 4.47 Å². The number of carbonyl (C=O) groups excluding carboxylic acids is 1. The van der Waals surface area contributed by atoms with Crippen LogP contribution in [0.15, 0.2) is 16.6 Å². The van der Waals surface area contributed by atoms with E-state index in [4.69, 9.17) is 9.47 Å². The average molecular weight is 315 g/mol. The number of carbonyl (C=O) groups is 1. The first-order valence-corrected chi connectivity index (χ1v) is 6.48. The molecule has 0 spiro atoms. The zero-order valence-corrected chi connectivity index (χ0v) is 11.8. The predicted octanol–water partition coefficient (Wildman–Crippen LogP) is 1.77. The van der Waals surface area contributed by atoms with Crippen molar-refractivity contribution in [3.63, 3.8) is 0 Å². The molecule has 0 saturated carbocycles. The SMILES string of the molecule is CNC(C)C(=O)Nc1cc2c(cc1Br)OCCO2. The van der Waals surface area contributed by atoms with Gasteiger partial charge in [-0.1, -0.05) is 0 Å². The summed E-state index contributed by atoms with van der Waals surface area (Å²) in [5, 5.41) is 5.71. The summed E-state index contributed by atoms with van der Waals surface area (Å²) in [5.41, 5.74) is 0.673. The van der Waals surface area contributed by atoms with Crippen LogP contribution in [0.1, 0.15) is 6.92 Å². The predicted molar refractivity (Wildman–Crippen MR) is 72.3 cm³/mol. The van der Waals surface area contributed by atoms with Crippen molar-refractivity contribution >= 4 is 27.5 Å². The molecule has 5 nitrogen and oxygen atoms in total. The maximum Gasteiger partial charge on any atom is 0.241 e. The van der Waals surface area contributed by atoms with Gasteiger partial charge in [0.1, 0.15) is 13.2 Å². The fourth-order valence-electron chi connectivity index (χ4n) is 1.53. The Kier molecular flexibility index (Phi) is 4.08. The van der Waals surface area contributed by atoms with Crippen molar-refractivity contribution in [2.24, 2.45) is 0 Å². The molecule has 2 rings (SSSR count). The maximum absolute atomic E-state index is 11.8. The highest BCUT2D eigenvalue weighted by molar-refractivity contribution is 9.10. The number of halogens is 1. The Morgan fingerprint density at radius 1 is 1.33 bits per heavy atom. The van der Waals surface area contributed by atoms with E-state index in [1.165, 1.54) is 0 Å². The van der Waals surface area contributed by atoms with Crippen molar-refractivity contribution < 1.29 is 14.3 Å². The molecule has 0 aromatic heterocycles. The highest BCUT2D eigenvalue weighted by Gasteiger charge is 2.17. The van der Waals surface area contributed by atoms with Crippen LogP contribution in [-0.2, 0) is 4.79 Å². The van der Waals surface area contributed by atoms with Gasteiger partial charge in [0.15, 0.2) is 11.5 Å². The molecule has 0 fully saturated rings. The van der Waals surface area contributed by atoms with Crippen molar-refractivity contribution in [3.8, 4) is 11.5 Å². The zero-order valence-electron chi connectivity index (χ0n) is 10.2. The van der Waals surface area contributed by atoms with Gasteiger partial charge in [-0.05, 0) is 29.9 Å². The van der Waals surface area contributed by atoms with Gasteiger partial charge in [-0.3, -0.25) is 4.79 Å². The van der Waals surface area contributed by atoms with Gasteiger partial charge >= 0.3 is 0 Å². The lowest BCUT2D eigenvalue weighted by Crippen LogP contribution is -2.35. The Balaban J connectivity index is 2.20. The molecule has 0 radical (unpaired) electrons. The van der Waals surface area contributed by atoms with Gasteiger partial charge in [0, 0.05) is 16.6 Å². The third-order valence-corrected chi connectivity index (χ3v) is 3.37. The number of rotatable bonds is 3. The second-order valence-corrected chi connectivity index (χ2v) is 4.83. The molecule has 0 aliphatic carbocycles. The summed E-state index contributed by atoms with van der Waals surface area (Å²) in [7, 11) is 1.74. The number of nitrogens with one attached hydrogen (secondary N) is 2. The fraction of sp³-hybridized carbons (Fsp3) is 0.417. The lowest BCUT2D eigenvalue weighted by molar-refractivity contribution is -0.117. The lowest BCUT2D eigenvalue weighted by atomic mass is 10.2. The third-order valence-electron chi connectivity index (χ3n) is 2.72. The normalized spacial score (nSPS) is 15.1. The standard InChI is InChI=1S/C12H15BrN2O3/c1-7(14-2)12(16)15-9-6-11-10(5-8(9)13)17-3-4-18-11/h5-7,14H,3-4H2,1-2H3,(H,15,16). The summed E-state index contributed by atoms with van der Waals surface area (Å²) >= 11 is 3.40. The molecule has 1 amide bonds. The number of ether oxygens (including phenoxy) is 2. The van der Waals surface area contributed by atoms with Crippen LogP contribution in [-0.4, -0.2) is 32.2 Å². The summed E-state index contributed by atoms with van der Waals surface area (Å²) in [5.74, 6) is 1.24. The number of fused-ring (bicyclic) bond motifs is 1. The summed E-state index contributed by atoms with van der Waals surface area (Å²) in [6.45, 7) is 2.86. The van der Waals surface area contributed by atoms with Crippen LogP contribution in [0.4, 0.5) is 5.69 Å². The van der Waals surface area contributed by atoms with Crippen LogP contribution >= 0.6 is 15.9 Å². The molecular formula is C12H15BrN2O3. The van der Waals surface area contributed by atoms with E-state index in [1.54, 1.807) is 26.1 Å². The molecule has 1 aliphatic rings. The molecule has 0 bridgehead atoms. The maximum atomic E-state index is 11.8. The molecule has 0 saturated heterocycles. The number of benzene rings is 1. The molecule has 98 valence electrons. The quantitative estimate of drug-likeness (QED) is 0.892. The van der Waals surface area contributed by atoms with Crippen LogP contribution in [0, 0.1) is 0 Å². The first-order chi connectivity index (χ1) is 8.61. The highest BCUT2D eigenvalue weighted by Crippen LogP contribution is 2.38. The Labute approximate surface area is 114 Å². The summed E-state index contributed by atoms with van der Waals surface area (Å²) in [4.78, 5) is 11.8. The lowest BCUT2D eigenvalue weighted by Gasteiger charge is -2.20. The van der Waals surface area contributed by atoms with E-state index in [9.17, 15) is 4.79 Å². The van der Waals surface area contributed by atoms with E-state index < -0.39 is 0 Å². The van der Waals surface area contributed by atoms with Gasteiger partial charge in [0.25, 0.3) is 0 Å². The number of hydrogen-bond donors (Lipinski definition) is 2. The zero-order chi connectivity index (χ0) is 13.1. The average Bonchev–Trinajstić information content (AvgIpc) is 2.38. The minimum absolute atomic E-state index is 0.102. The second kappa shape index (κ2) is 5.58. The minimum Gasteiger partial charge on any atom is -0.486 e. The molecule has 1 atom stereocenters. The van der Waals surface area contributed by atoms with E-state index in [0.29, 0.717) is 30.4 Å². The number of amides is 1. The van der Waals surface area contributed by atoms with Crippen molar-refractivity contribution in [3.05, 3.63) is 16.6 Å².